The highest BCUT2D eigenvalue weighted by atomic mass is 35.5. The zero-order chi connectivity index (χ0) is 10.8. The van der Waals surface area contributed by atoms with Crippen LogP contribution in [-0.2, 0) is 4.84 Å². The summed E-state index contributed by atoms with van der Waals surface area (Å²) in [5.41, 5.74) is 0.874. The SMILES string of the molecule is OCC1CC(c2ccc(Cl)cc2F)=NO1. The number of aliphatic hydroxyl groups excluding tert-OH is 1. The maximum atomic E-state index is 13.5. The molecule has 0 aromatic heterocycles. The van der Waals surface area contributed by atoms with E-state index in [-0.39, 0.29) is 12.7 Å². The van der Waals surface area contributed by atoms with Gasteiger partial charge in [0.1, 0.15) is 5.82 Å². The predicted molar refractivity (Wildman–Crippen MR) is 54.5 cm³/mol. The van der Waals surface area contributed by atoms with Gasteiger partial charge in [0, 0.05) is 17.0 Å². The minimum atomic E-state index is -0.427. The van der Waals surface area contributed by atoms with Gasteiger partial charge in [-0.1, -0.05) is 16.8 Å². The van der Waals surface area contributed by atoms with E-state index in [1.165, 1.54) is 6.07 Å². The summed E-state index contributed by atoms with van der Waals surface area (Å²) in [4.78, 5) is 4.89. The molecule has 1 unspecified atom stereocenters. The highest BCUT2D eigenvalue weighted by molar-refractivity contribution is 6.30. The molecule has 2 rings (SSSR count). The molecule has 5 heteroatoms. The van der Waals surface area contributed by atoms with E-state index < -0.39 is 5.82 Å². The van der Waals surface area contributed by atoms with Gasteiger partial charge in [0.15, 0.2) is 6.10 Å². The summed E-state index contributed by atoms with van der Waals surface area (Å²) >= 11 is 5.63. The lowest BCUT2D eigenvalue weighted by Crippen LogP contribution is -2.13. The molecule has 1 aromatic rings. The Hall–Kier alpha value is -1.13. The van der Waals surface area contributed by atoms with Crippen LogP contribution in [0.5, 0.6) is 0 Å². The van der Waals surface area contributed by atoms with Crippen LogP contribution < -0.4 is 0 Å². The molecular weight excluding hydrogens is 221 g/mol. The summed E-state index contributed by atoms with van der Waals surface area (Å²) in [5.74, 6) is -0.427. The van der Waals surface area contributed by atoms with Crippen molar-refractivity contribution in [1.82, 2.24) is 0 Å². The van der Waals surface area contributed by atoms with Gasteiger partial charge >= 0.3 is 0 Å². The van der Waals surface area contributed by atoms with Gasteiger partial charge in [-0.3, -0.25) is 0 Å². The molecule has 80 valence electrons. The molecule has 1 aromatic carbocycles. The molecule has 1 aliphatic heterocycles. The number of oxime groups is 1. The van der Waals surface area contributed by atoms with Crippen molar-refractivity contribution in [1.29, 1.82) is 0 Å². The smallest absolute Gasteiger partial charge is 0.156 e. The van der Waals surface area contributed by atoms with E-state index in [1.54, 1.807) is 12.1 Å². The largest absolute Gasteiger partial charge is 0.392 e. The number of aliphatic hydroxyl groups is 1. The van der Waals surface area contributed by atoms with Crippen molar-refractivity contribution in [2.75, 3.05) is 6.61 Å². The fourth-order valence-electron chi connectivity index (χ4n) is 1.41. The Balaban J connectivity index is 2.24. The van der Waals surface area contributed by atoms with E-state index in [9.17, 15) is 4.39 Å². The third kappa shape index (κ3) is 2.11. The van der Waals surface area contributed by atoms with Crippen molar-refractivity contribution in [3.8, 4) is 0 Å². The van der Waals surface area contributed by atoms with E-state index in [0.717, 1.165) is 0 Å². The second-order valence-corrected chi connectivity index (χ2v) is 3.71. The van der Waals surface area contributed by atoms with Gasteiger partial charge in [-0.05, 0) is 18.2 Å². The Morgan fingerprint density at radius 2 is 2.40 bits per heavy atom. The molecule has 1 heterocycles. The van der Waals surface area contributed by atoms with Crippen LogP contribution in [0.15, 0.2) is 23.4 Å². The predicted octanol–water partition coefficient (Wildman–Crippen LogP) is 1.96. The molecule has 3 nitrogen and oxygen atoms in total. The molecule has 1 atom stereocenters. The van der Waals surface area contributed by atoms with Crippen LogP contribution in [0.25, 0.3) is 0 Å². The van der Waals surface area contributed by atoms with Crippen LogP contribution >= 0.6 is 11.6 Å². The Morgan fingerprint density at radius 1 is 1.60 bits per heavy atom. The van der Waals surface area contributed by atoms with E-state index >= 15 is 0 Å². The van der Waals surface area contributed by atoms with E-state index in [4.69, 9.17) is 21.5 Å². The van der Waals surface area contributed by atoms with Crippen LogP contribution in [0, 0.1) is 5.82 Å². The van der Waals surface area contributed by atoms with Gasteiger partial charge in [-0.25, -0.2) is 4.39 Å². The Bertz CT molecular complexity index is 408. The van der Waals surface area contributed by atoms with E-state index in [1.807, 2.05) is 0 Å². The Labute approximate surface area is 91.1 Å². The molecule has 1 aliphatic rings. The summed E-state index contributed by atoms with van der Waals surface area (Å²) in [6.45, 7) is -0.123. The molecular formula is C10H9ClFNO2. The zero-order valence-corrected chi connectivity index (χ0v) is 8.54. The fraction of sp³-hybridized carbons (Fsp3) is 0.300. The lowest BCUT2D eigenvalue weighted by molar-refractivity contribution is 0.0390. The fourth-order valence-corrected chi connectivity index (χ4v) is 1.57. The van der Waals surface area contributed by atoms with Crippen molar-refractivity contribution in [3.63, 3.8) is 0 Å². The van der Waals surface area contributed by atoms with Crippen molar-refractivity contribution in [3.05, 3.63) is 34.6 Å². The zero-order valence-electron chi connectivity index (χ0n) is 7.78. The summed E-state index contributed by atoms with van der Waals surface area (Å²) in [6, 6.07) is 4.38. The Morgan fingerprint density at radius 3 is 3.00 bits per heavy atom. The van der Waals surface area contributed by atoms with Crippen molar-refractivity contribution in [2.45, 2.75) is 12.5 Å². The van der Waals surface area contributed by atoms with Crippen molar-refractivity contribution in [2.24, 2.45) is 5.16 Å². The number of hydrogen-bond acceptors (Lipinski definition) is 3. The van der Waals surface area contributed by atoms with Crippen LogP contribution in [0.1, 0.15) is 12.0 Å². The van der Waals surface area contributed by atoms with Gasteiger partial charge in [0.2, 0.25) is 0 Å². The van der Waals surface area contributed by atoms with Crippen molar-refractivity contribution >= 4 is 17.3 Å². The summed E-state index contributed by atoms with van der Waals surface area (Å²) < 4.78 is 13.5. The average Bonchev–Trinajstić information content (AvgIpc) is 2.66. The maximum absolute atomic E-state index is 13.5. The third-order valence-corrected chi connectivity index (χ3v) is 2.41. The van der Waals surface area contributed by atoms with Gasteiger partial charge < -0.3 is 9.94 Å². The molecule has 0 amide bonds. The first-order valence-electron chi connectivity index (χ1n) is 4.49. The van der Waals surface area contributed by atoms with Crippen LogP contribution in [0.2, 0.25) is 5.02 Å². The first-order chi connectivity index (χ1) is 7.20. The monoisotopic (exact) mass is 229 g/mol. The second-order valence-electron chi connectivity index (χ2n) is 3.28. The normalized spacial score (nSPS) is 19.9. The molecule has 0 spiro atoms. The first-order valence-corrected chi connectivity index (χ1v) is 4.87. The first kappa shape index (κ1) is 10.4. The quantitative estimate of drug-likeness (QED) is 0.843. The topological polar surface area (TPSA) is 41.8 Å². The number of halogens is 2. The molecule has 1 N–H and O–H groups in total. The van der Waals surface area contributed by atoms with Crippen LogP contribution in [0.4, 0.5) is 4.39 Å². The standard InChI is InChI=1S/C10H9ClFNO2/c11-6-1-2-8(9(12)3-6)10-4-7(5-14)15-13-10/h1-3,7,14H,4-5H2. The molecule has 15 heavy (non-hydrogen) atoms. The van der Waals surface area contributed by atoms with Crippen LogP contribution in [0.3, 0.4) is 0 Å². The van der Waals surface area contributed by atoms with Gasteiger partial charge in [-0.15, -0.1) is 0 Å². The lowest BCUT2D eigenvalue weighted by Gasteiger charge is -2.02. The second kappa shape index (κ2) is 4.16. The molecule has 0 bridgehead atoms. The molecule has 0 aliphatic carbocycles. The molecule has 0 fully saturated rings. The van der Waals surface area contributed by atoms with Gasteiger partial charge in [0.05, 0.1) is 12.3 Å². The molecule has 0 radical (unpaired) electrons. The number of rotatable bonds is 2. The number of nitrogens with zero attached hydrogens (tertiary/aromatic N) is 1. The maximum Gasteiger partial charge on any atom is 0.156 e. The van der Waals surface area contributed by atoms with Gasteiger partial charge in [0.25, 0.3) is 0 Å². The minimum absolute atomic E-state index is 0.123. The highest BCUT2D eigenvalue weighted by Gasteiger charge is 2.23. The molecule has 0 saturated carbocycles. The average molecular weight is 230 g/mol. The van der Waals surface area contributed by atoms with E-state index in [2.05, 4.69) is 5.16 Å². The number of benzene rings is 1. The van der Waals surface area contributed by atoms with Gasteiger partial charge in [-0.2, -0.15) is 0 Å². The van der Waals surface area contributed by atoms with Crippen LogP contribution in [-0.4, -0.2) is 23.5 Å². The van der Waals surface area contributed by atoms with E-state index in [0.29, 0.717) is 22.7 Å². The summed E-state index contributed by atoms with van der Waals surface area (Å²) in [6.07, 6.45) is 0.0461. The summed E-state index contributed by atoms with van der Waals surface area (Å²) in [7, 11) is 0. The molecule has 0 saturated heterocycles. The number of hydrogen-bond donors (Lipinski definition) is 1. The highest BCUT2D eigenvalue weighted by Crippen LogP contribution is 2.21. The lowest BCUT2D eigenvalue weighted by atomic mass is 10.0. The van der Waals surface area contributed by atoms with Crippen molar-refractivity contribution < 1.29 is 14.3 Å². The third-order valence-electron chi connectivity index (χ3n) is 2.18. The Kier molecular flexibility index (Phi) is 2.88. The minimum Gasteiger partial charge on any atom is -0.392 e. The summed E-state index contributed by atoms with van der Waals surface area (Å²) in [5, 5.41) is 12.9.